The zero-order chi connectivity index (χ0) is 19.0. The van der Waals surface area contributed by atoms with E-state index in [9.17, 15) is 4.79 Å². The molecule has 1 saturated heterocycles. The zero-order valence-corrected chi connectivity index (χ0v) is 16.8. The third-order valence-electron chi connectivity index (χ3n) is 6.18. The van der Waals surface area contributed by atoms with Crippen molar-refractivity contribution in [2.24, 2.45) is 0 Å². The predicted molar refractivity (Wildman–Crippen MR) is 105 cm³/mol. The van der Waals surface area contributed by atoms with Crippen molar-refractivity contribution in [3.05, 3.63) is 33.1 Å². The molecule has 0 atom stereocenters. The van der Waals surface area contributed by atoms with Crippen molar-refractivity contribution in [3.8, 4) is 0 Å². The van der Waals surface area contributed by atoms with Crippen LogP contribution in [0.4, 0.5) is 0 Å². The molecule has 2 N–H and O–H groups in total. The van der Waals surface area contributed by atoms with Gasteiger partial charge in [0, 0.05) is 23.8 Å². The summed E-state index contributed by atoms with van der Waals surface area (Å²) in [6, 6.07) is 2.06. The first kappa shape index (κ1) is 18.3. The van der Waals surface area contributed by atoms with Crippen LogP contribution < -0.4 is 10.6 Å². The molecular formula is C20H26N4O3S. The van der Waals surface area contributed by atoms with Crippen molar-refractivity contribution >= 4 is 17.2 Å². The van der Waals surface area contributed by atoms with E-state index in [2.05, 4.69) is 26.8 Å². The topological polar surface area (TPSA) is 89.3 Å². The van der Waals surface area contributed by atoms with E-state index in [1.54, 1.807) is 11.3 Å². The van der Waals surface area contributed by atoms with Crippen LogP contribution in [0.15, 0.2) is 10.6 Å². The molecule has 1 saturated carbocycles. The second-order valence-electron chi connectivity index (χ2n) is 7.99. The molecule has 0 radical (unpaired) electrons. The van der Waals surface area contributed by atoms with Crippen molar-refractivity contribution in [1.29, 1.82) is 0 Å². The van der Waals surface area contributed by atoms with E-state index in [0.29, 0.717) is 24.7 Å². The highest BCUT2D eigenvalue weighted by atomic mass is 32.1. The molecule has 3 aliphatic rings. The quantitative estimate of drug-likeness (QED) is 0.799. The van der Waals surface area contributed by atoms with Gasteiger partial charge in [-0.1, -0.05) is 11.6 Å². The number of carbonyl (C=O) groups is 1. The molecule has 4 heterocycles. The summed E-state index contributed by atoms with van der Waals surface area (Å²) in [6.45, 7) is 3.18. The number of piperidine rings is 1. The van der Waals surface area contributed by atoms with E-state index in [4.69, 9.17) is 9.26 Å². The number of hydrogen-bond acceptors (Lipinski definition) is 7. The number of thiophene rings is 1. The molecule has 2 fully saturated rings. The van der Waals surface area contributed by atoms with Gasteiger partial charge in [-0.15, -0.1) is 11.3 Å². The van der Waals surface area contributed by atoms with Gasteiger partial charge in [0.15, 0.2) is 5.82 Å². The Bertz CT molecular complexity index is 852. The van der Waals surface area contributed by atoms with E-state index in [1.165, 1.54) is 16.9 Å². The molecule has 5 rings (SSSR count). The van der Waals surface area contributed by atoms with Crippen LogP contribution in [0.3, 0.4) is 0 Å². The Kier molecular flexibility index (Phi) is 4.94. The molecule has 1 amide bonds. The first-order valence-electron chi connectivity index (χ1n) is 10.3. The minimum absolute atomic E-state index is 0.0220. The van der Waals surface area contributed by atoms with Crippen LogP contribution in [-0.4, -0.2) is 42.3 Å². The van der Waals surface area contributed by atoms with Crippen LogP contribution in [0.2, 0.25) is 0 Å². The normalized spacial score (nSPS) is 21.3. The SMILES string of the molecule is O=C(NCCc1noc(C2CCC2)n1)c1cc2c(s1)C1(CCNCC1)OCC2. The summed E-state index contributed by atoms with van der Waals surface area (Å²) in [6.07, 6.45) is 6.95. The Balaban J connectivity index is 1.21. The third kappa shape index (κ3) is 3.38. The van der Waals surface area contributed by atoms with Crippen molar-refractivity contribution < 1.29 is 14.1 Å². The van der Waals surface area contributed by atoms with Crippen molar-refractivity contribution in [1.82, 2.24) is 20.8 Å². The first-order valence-corrected chi connectivity index (χ1v) is 11.1. The average Bonchev–Trinajstić information content (AvgIpc) is 3.29. The summed E-state index contributed by atoms with van der Waals surface area (Å²) >= 11 is 1.60. The van der Waals surface area contributed by atoms with Gasteiger partial charge in [-0.25, -0.2) is 0 Å². The van der Waals surface area contributed by atoms with Gasteiger partial charge in [0.1, 0.15) is 5.60 Å². The van der Waals surface area contributed by atoms with E-state index < -0.39 is 0 Å². The molecule has 8 heteroatoms. The maximum atomic E-state index is 12.7. The highest BCUT2D eigenvalue weighted by Gasteiger charge is 2.41. The zero-order valence-electron chi connectivity index (χ0n) is 16.0. The summed E-state index contributed by atoms with van der Waals surface area (Å²) < 4.78 is 11.6. The van der Waals surface area contributed by atoms with E-state index >= 15 is 0 Å². The van der Waals surface area contributed by atoms with Crippen molar-refractivity contribution in [2.45, 2.75) is 56.5 Å². The molecule has 1 spiro atoms. The molecule has 1 aliphatic carbocycles. The third-order valence-corrected chi connectivity index (χ3v) is 7.54. The number of carbonyl (C=O) groups excluding carboxylic acids is 1. The van der Waals surface area contributed by atoms with Crippen LogP contribution in [0.5, 0.6) is 0 Å². The fourth-order valence-corrected chi connectivity index (χ4v) is 5.63. The fourth-order valence-electron chi connectivity index (χ4n) is 4.30. The van der Waals surface area contributed by atoms with Gasteiger partial charge in [0.2, 0.25) is 5.89 Å². The molecule has 0 aromatic carbocycles. The fraction of sp³-hybridized carbons (Fsp3) is 0.650. The van der Waals surface area contributed by atoms with Gasteiger partial charge in [-0.05, 0) is 56.8 Å². The predicted octanol–water partition coefficient (Wildman–Crippen LogP) is 2.52. The lowest BCUT2D eigenvalue weighted by molar-refractivity contribution is -0.0771. The summed E-state index contributed by atoms with van der Waals surface area (Å²) in [7, 11) is 0. The second-order valence-corrected chi connectivity index (χ2v) is 9.04. The molecule has 150 valence electrons. The molecular weight excluding hydrogens is 376 g/mol. The van der Waals surface area contributed by atoms with Crippen molar-refractivity contribution in [3.63, 3.8) is 0 Å². The lowest BCUT2D eigenvalue weighted by atomic mass is 9.85. The van der Waals surface area contributed by atoms with Crippen LogP contribution in [-0.2, 0) is 23.2 Å². The Morgan fingerprint density at radius 1 is 1.36 bits per heavy atom. The number of rotatable bonds is 5. The Morgan fingerprint density at radius 2 is 2.21 bits per heavy atom. The monoisotopic (exact) mass is 402 g/mol. The molecule has 0 bridgehead atoms. The number of amides is 1. The number of fused-ring (bicyclic) bond motifs is 2. The molecule has 2 aromatic heterocycles. The highest BCUT2D eigenvalue weighted by Crippen LogP contribution is 2.44. The van der Waals surface area contributed by atoms with Crippen LogP contribution in [0.25, 0.3) is 0 Å². The van der Waals surface area contributed by atoms with Gasteiger partial charge in [0.05, 0.1) is 11.5 Å². The van der Waals surface area contributed by atoms with Gasteiger partial charge >= 0.3 is 0 Å². The highest BCUT2D eigenvalue weighted by molar-refractivity contribution is 7.14. The lowest BCUT2D eigenvalue weighted by Gasteiger charge is -2.40. The Morgan fingerprint density at radius 3 is 3.00 bits per heavy atom. The summed E-state index contributed by atoms with van der Waals surface area (Å²) in [5, 5.41) is 10.5. The Labute approximate surface area is 168 Å². The Hall–Kier alpha value is -1.77. The van der Waals surface area contributed by atoms with Gasteiger partial charge in [-0.3, -0.25) is 4.79 Å². The number of ether oxygens (including phenoxy) is 1. The second kappa shape index (κ2) is 7.57. The summed E-state index contributed by atoms with van der Waals surface area (Å²) in [5.74, 6) is 1.85. The summed E-state index contributed by atoms with van der Waals surface area (Å²) in [5.41, 5.74) is 1.09. The number of nitrogens with one attached hydrogen (secondary N) is 2. The number of hydrogen-bond donors (Lipinski definition) is 2. The van der Waals surface area contributed by atoms with E-state index in [-0.39, 0.29) is 11.5 Å². The number of aromatic nitrogens is 2. The largest absolute Gasteiger partial charge is 0.369 e. The molecule has 2 aromatic rings. The minimum Gasteiger partial charge on any atom is -0.369 e. The standard InChI is InChI=1S/C20H26N4O3S/c25-18(22-8-4-16-23-19(27-24-16)13-2-1-3-13)15-12-14-5-11-26-20(17(14)28-15)6-9-21-10-7-20/h12-13,21H,1-11H2,(H,22,25). The lowest BCUT2D eigenvalue weighted by Crippen LogP contribution is -2.43. The molecule has 28 heavy (non-hydrogen) atoms. The minimum atomic E-state index is -0.190. The van der Waals surface area contributed by atoms with Crippen LogP contribution >= 0.6 is 11.3 Å². The first-order chi connectivity index (χ1) is 13.7. The molecule has 2 aliphatic heterocycles. The summed E-state index contributed by atoms with van der Waals surface area (Å²) in [4.78, 5) is 19.2. The maximum Gasteiger partial charge on any atom is 0.261 e. The van der Waals surface area contributed by atoms with Crippen LogP contribution in [0, 0.1) is 0 Å². The van der Waals surface area contributed by atoms with Crippen LogP contribution in [0.1, 0.15) is 69.8 Å². The van der Waals surface area contributed by atoms with E-state index in [0.717, 1.165) is 62.6 Å². The smallest absolute Gasteiger partial charge is 0.261 e. The molecule has 7 nitrogen and oxygen atoms in total. The van der Waals surface area contributed by atoms with Gasteiger partial charge in [-0.2, -0.15) is 4.98 Å². The molecule has 0 unspecified atom stereocenters. The number of nitrogens with zero attached hydrogens (tertiary/aromatic N) is 2. The van der Waals surface area contributed by atoms with Gasteiger partial charge in [0.25, 0.3) is 5.91 Å². The van der Waals surface area contributed by atoms with Crippen molar-refractivity contribution in [2.75, 3.05) is 26.2 Å². The maximum absolute atomic E-state index is 12.7. The van der Waals surface area contributed by atoms with Gasteiger partial charge < -0.3 is 19.9 Å². The van der Waals surface area contributed by atoms with E-state index in [1.807, 2.05) is 0 Å². The average molecular weight is 403 g/mol.